The number of hydrogen-bond donors (Lipinski definition) is 2. The normalized spacial score (nSPS) is 20.1. The average molecular weight is 394 g/mol. The van der Waals surface area contributed by atoms with E-state index < -0.39 is 10.0 Å². The summed E-state index contributed by atoms with van der Waals surface area (Å²) in [5.74, 6) is 0.164. The van der Waals surface area contributed by atoms with E-state index in [1.165, 1.54) is 6.20 Å². The van der Waals surface area contributed by atoms with Crippen molar-refractivity contribution >= 4 is 15.7 Å². The number of morpholine rings is 1. The van der Waals surface area contributed by atoms with Crippen LogP contribution in [0.5, 0.6) is 0 Å². The molecule has 0 atom stereocenters. The standard InChI is InChI=1S/C15H22N8O3S/c16-27(24,25)15-13(14-18-20-21-19-14)12(1-4-17-15)23-5-2-11(3-6-23)22-7-9-26-10-8-22/h1,4,11H,2-3,5-10H2,(H2,16,24,25)(H,18,19,20,21). The largest absolute Gasteiger partial charge is 0.379 e. The zero-order valence-corrected chi connectivity index (χ0v) is 15.6. The number of nitrogens with two attached hydrogens (primary N) is 1. The maximum atomic E-state index is 12.0. The summed E-state index contributed by atoms with van der Waals surface area (Å²) < 4.78 is 29.5. The molecular weight excluding hydrogens is 372 g/mol. The van der Waals surface area contributed by atoms with Crippen molar-refractivity contribution in [1.29, 1.82) is 0 Å². The minimum atomic E-state index is -4.03. The van der Waals surface area contributed by atoms with Crippen molar-refractivity contribution in [2.75, 3.05) is 44.3 Å². The Bertz CT molecular complexity index is 874. The number of H-pyrrole nitrogens is 1. The van der Waals surface area contributed by atoms with Gasteiger partial charge in [-0.15, -0.1) is 10.2 Å². The Morgan fingerprint density at radius 2 is 1.93 bits per heavy atom. The molecule has 0 aliphatic carbocycles. The van der Waals surface area contributed by atoms with E-state index in [1.807, 2.05) is 0 Å². The van der Waals surface area contributed by atoms with Gasteiger partial charge in [-0.2, -0.15) is 5.21 Å². The summed E-state index contributed by atoms with van der Waals surface area (Å²) in [6.07, 6.45) is 3.42. The first-order valence-corrected chi connectivity index (χ1v) is 10.4. The Kier molecular flexibility index (Phi) is 5.04. The molecule has 11 nitrogen and oxygen atoms in total. The summed E-state index contributed by atoms with van der Waals surface area (Å²) in [6, 6.07) is 2.29. The van der Waals surface area contributed by atoms with Crippen molar-refractivity contribution < 1.29 is 13.2 Å². The van der Waals surface area contributed by atoms with Gasteiger partial charge >= 0.3 is 0 Å². The van der Waals surface area contributed by atoms with Gasteiger partial charge in [0, 0.05) is 38.4 Å². The van der Waals surface area contributed by atoms with Crippen molar-refractivity contribution in [3.05, 3.63) is 12.3 Å². The average Bonchev–Trinajstić information content (AvgIpc) is 3.22. The number of ether oxygens (including phenoxy) is 1. The van der Waals surface area contributed by atoms with Crippen molar-refractivity contribution in [2.24, 2.45) is 5.14 Å². The van der Waals surface area contributed by atoms with E-state index in [1.54, 1.807) is 6.07 Å². The zero-order valence-electron chi connectivity index (χ0n) is 14.8. The van der Waals surface area contributed by atoms with Crippen LogP contribution < -0.4 is 10.0 Å². The molecule has 0 bridgehead atoms. The summed E-state index contributed by atoms with van der Waals surface area (Å²) in [6.45, 7) is 5.07. The molecule has 2 saturated heterocycles. The van der Waals surface area contributed by atoms with Crippen LogP contribution >= 0.6 is 0 Å². The molecule has 2 aliphatic rings. The smallest absolute Gasteiger partial charge is 0.256 e. The van der Waals surface area contributed by atoms with Crippen LogP contribution in [-0.2, 0) is 14.8 Å². The lowest BCUT2D eigenvalue weighted by atomic mass is 10.0. The monoisotopic (exact) mass is 394 g/mol. The number of tetrazole rings is 1. The molecule has 27 heavy (non-hydrogen) atoms. The van der Waals surface area contributed by atoms with Crippen molar-refractivity contribution in [3.63, 3.8) is 0 Å². The summed E-state index contributed by atoms with van der Waals surface area (Å²) >= 11 is 0. The Morgan fingerprint density at radius 3 is 2.56 bits per heavy atom. The Labute approximate surface area is 156 Å². The number of pyridine rings is 1. The molecule has 2 fully saturated rings. The van der Waals surface area contributed by atoms with E-state index in [-0.39, 0.29) is 10.9 Å². The minimum absolute atomic E-state index is 0.164. The highest BCUT2D eigenvalue weighted by atomic mass is 32.2. The van der Waals surface area contributed by atoms with Crippen molar-refractivity contribution in [2.45, 2.75) is 23.9 Å². The number of nitrogens with one attached hydrogen (secondary N) is 1. The van der Waals surface area contributed by atoms with E-state index >= 15 is 0 Å². The molecule has 0 amide bonds. The molecule has 2 aromatic heterocycles. The lowest BCUT2D eigenvalue weighted by molar-refractivity contribution is 0.0115. The van der Waals surface area contributed by atoms with Gasteiger partial charge in [-0.05, 0) is 24.1 Å². The predicted octanol–water partition coefficient (Wildman–Crippen LogP) is -0.790. The summed E-state index contributed by atoms with van der Waals surface area (Å²) in [5.41, 5.74) is 0.995. The summed E-state index contributed by atoms with van der Waals surface area (Å²) in [7, 11) is -4.03. The SMILES string of the molecule is NS(=O)(=O)c1nccc(N2CCC(N3CCOCC3)CC2)c1-c1nn[nH]n1. The Hall–Kier alpha value is -2.15. The molecule has 2 aromatic rings. The van der Waals surface area contributed by atoms with Crippen LogP contribution in [-0.4, -0.2) is 84.4 Å². The lowest BCUT2D eigenvalue weighted by Crippen LogP contribution is -2.49. The highest BCUT2D eigenvalue weighted by Gasteiger charge is 2.30. The van der Waals surface area contributed by atoms with E-state index in [0.29, 0.717) is 17.3 Å². The first-order valence-electron chi connectivity index (χ1n) is 8.86. The maximum Gasteiger partial charge on any atom is 0.256 e. The van der Waals surface area contributed by atoms with Gasteiger partial charge in [0.05, 0.1) is 24.5 Å². The highest BCUT2D eigenvalue weighted by Crippen LogP contribution is 2.34. The van der Waals surface area contributed by atoms with Gasteiger partial charge in [-0.25, -0.2) is 18.5 Å². The van der Waals surface area contributed by atoms with Crippen LogP contribution in [0.4, 0.5) is 5.69 Å². The topological polar surface area (TPSA) is 143 Å². The molecule has 2 aliphatic heterocycles. The Morgan fingerprint density at radius 1 is 1.19 bits per heavy atom. The second-order valence-corrected chi connectivity index (χ2v) is 8.13. The molecule has 0 spiro atoms. The Balaban J connectivity index is 1.61. The molecule has 4 heterocycles. The number of aromatic amines is 1. The number of sulfonamides is 1. The van der Waals surface area contributed by atoms with Gasteiger partial charge in [-0.1, -0.05) is 0 Å². The number of aromatic nitrogens is 5. The van der Waals surface area contributed by atoms with Gasteiger partial charge in [0.2, 0.25) is 5.82 Å². The molecular formula is C15H22N8O3S. The first-order chi connectivity index (χ1) is 13.0. The van der Waals surface area contributed by atoms with E-state index in [0.717, 1.165) is 52.2 Å². The van der Waals surface area contributed by atoms with Crippen LogP contribution in [0, 0.1) is 0 Å². The maximum absolute atomic E-state index is 12.0. The molecule has 146 valence electrons. The van der Waals surface area contributed by atoms with Gasteiger partial charge < -0.3 is 9.64 Å². The number of anilines is 1. The van der Waals surface area contributed by atoms with Crippen molar-refractivity contribution in [3.8, 4) is 11.4 Å². The fraction of sp³-hybridized carbons (Fsp3) is 0.600. The fourth-order valence-corrected chi connectivity index (χ4v) is 4.49. The van der Waals surface area contributed by atoms with Gasteiger partial charge in [0.15, 0.2) is 5.03 Å². The molecule has 0 radical (unpaired) electrons. The van der Waals surface area contributed by atoms with E-state index in [2.05, 4.69) is 35.4 Å². The summed E-state index contributed by atoms with van der Waals surface area (Å²) in [4.78, 5) is 8.58. The zero-order chi connectivity index (χ0) is 18.9. The number of primary sulfonamides is 1. The van der Waals surface area contributed by atoms with Crippen LogP contribution in [0.15, 0.2) is 17.3 Å². The van der Waals surface area contributed by atoms with Crippen LogP contribution in [0.2, 0.25) is 0 Å². The minimum Gasteiger partial charge on any atom is -0.379 e. The number of piperidine rings is 1. The van der Waals surface area contributed by atoms with Crippen molar-refractivity contribution in [1.82, 2.24) is 30.5 Å². The third kappa shape index (κ3) is 3.78. The molecule has 0 unspecified atom stereocenters. The number of nitrogens with zero attached hydrogens (tertiary/aromatic N) is 6. The number of hydrogen-bond acceptors (Lipinski definition) is 9. The van der Waals surface area contributed by atoms with E-state index in [4.69, 9.17) is 9.88 Å². The second-order valence-electron chi connectivity index (χ2n) is 6.66. The predicted molar refractivity (Wildman–Crippen MR) is 96.4 cm³/mol. The number of rotatable bonds is 4. The fourth-order valence-electron chi connectivity index (χ4n) is 3.80. The van der Waals surface area contributed by atoms with Crippen LogP contribution in [0.1, 0.15) is 12.8 Å². The van der Waals surface area contributed by atoms with E-state index in [9.17, 15) is 8.42 Å². The van der Waals surface area contributed by atoms with Gasteiger partial charge in [-0.3, -0.25) is 4.90 Å². The van der Waals surface area contributed by atoms with Crippen LogP contribution in [0.25, 0.3) is 11.4 Å². The molecule has 12 heteroatoms. The molecule has 4 rings (SSSR count). The summed E-state index contributed by atoms with van der Waals surface area (Å²) in [5, 5.41) is 18.9. The quantitative estimate of drug-likeness (QED) is 0.682. The second kappa shape index (κ2) is 7.46. The molecule has 0 saturated carbocycles. The highest BCUT2D eigenvalue weighted by molar-refractivity contribution is 7.89. The molecule has 3 N–H and O–H groups in total. The van der Waals surface area contributed by atoms with Gasteiger partial charge in [0.1, 0.15) is 0 Å². The van der Waals surface area contributed by atoms with Gasteiger partial charge in [0.25, 0.3) is 10.0 Å². The first kappa shape index (κ1) is 18.2. The third-order valence-corrected chi connectivity index (χ3v) is 5.95. The third-order valence-electron chi connectivity index (χ3n) is 5.10. The molecule has 0 aromatic carbocycles. The van der Waals surface area contributed by atoms with Crippen LogP contribution in [0.3, 0.4) is 0 Å². The lowest BCUT2D eigenvalue weighted by Gasteiger charge is -2.41.